The Bertz CT molecular complexity index is 323. The van der Waals surface area contributed by atoms with Crippen molar-refractivity contribution < 1.29 is 0 Å². The van der Waals surface area contributed by atoms with Crippen LogP contribution in [0.5, 0.6) is 0 Å². The fourth-order valence-electron chi connectivity index (χ4n) is 2.14. The van der Waals surface area contributed by atoms with E-state index in [1.54, 1.807) is 11.8 Å². The molecule has 2 nitrogen and oxygen atoms in total. The van der Waals surface area contributed by atoms with E-state index >= 15 is 0 Å². The van der Waals surface area contributed by atoms with E-state index in [1.807, 2.05) is 0 Å². The summed E-state index contributed by atoms with van der Waals surface area (Å²) in [5.74, 6) is 0. The summed E-state index contributed by atoms with van der Waals surface area (Å²) in [4.78, 5) is 3.87. The molecule has 1 aliphatic heterocycles. The Morgan fingerprint density at radius 3 is 2.75 bits per heavy atom. The Kier molecular flexibility index (Phi) is 4.27. The molecule has 1 N–H and O–H groups in total. The first kappa shape index (κ1) is 12.0. The van der Waals surface area contributed by atoms with E-state index in [1.165, 1.54) is 10.5 Å². The lowest BCUT2D eigenvalue weighted by Gasteiger charge is -2.31. The van der Waals surface area contributed by atoms with Gasteiger partial charge in [-0.3, -0.25) is 4.90 Å². The number of hydrogen-bond donors (Lipinski definition) is 1. The monoisotopic (exact) mass is 236 g/mol. The molecule has 1 saturated heterocycles. The Morgan fingerprint density at radius 1 is 1.38 bits per heavy atom. The molecule has 0 spiro atoms. The fraction of sp³-hybridized carbons (Fsp3) is 0.538. The van der Waals surface area contributed by atoms with Crippen LogP contribution in [0.4, 0.5) is 0 Å². The SMILES string of the molecule is CSc1ccc(CN2CCN[C@@H](C)C2)cc1. The lowest BCUT2D eigenvalue weighted by Crippen LogP contribution is -2.48. The number of nitrogens with one attached hydrogen (secondary N) is 1. The average molecular weight is 236 g/mol. The van der Waals surface area contributed by atoms with Gasteiger partial charge in [-0.2, -0.15) is 0 Å². The lowest BCUT2D eigenvalue weighted by atomic mass is 10.1. The molecule has 0 unspecified atom stereocenters. The number of benzene rings is 1. The standard InChI is InChI=1S/C13H20N2S/c1-11-9-15(8-7-14-11)10-12-3-5-13(16-2)6-4-12/h3-6,11,14H,7-10H2,1-2H3/t11-/m0/s1. The fourth-order valence-corrected chi connectivity index (χ4v) is 2.55. The third kappa shape index (κ3) is 3.24. The van der Waals surface area contributed by atoms with E-state index in [0.29, 0.717) is 6.04 Å². The lowest BCUT2D eigenvalue weighted by molar-refractivity contribution is 0.199. The second-order valence-electron chi connectivity index (χ2n) is 4.44. The maximum Gasteiger partial charge on any atom is 0.0234 e. The van der Waals surface area contributed by atoms with Crippen molar-refractivity contribution in [1.29, 1.82) is 0 Å². The van der Waals surface area contributed by atoms with Crippen LogP contribution < -0.4 is 5.32 Å². The van der Waals surface area contributed by atoms with Crippen LogP contribution in [0, 0.1) is 0 Å². The molecule has 1 heterocycles. The highest BCUT2D eigenvalue weighted by Crippen LogP contribution is 2.16. The van der Waals surface area contributed by atoms with Gasteiger partial charge in [-0.15, -0.1) is 11.8 Å². The van der Waals surface area contributed by atoms with Gasteiger partial charge in [0.05, 0.1) is 0 Å². The quantitative estimate of drug-likeness (QED) is 0.810. The molecule has 0 saturated carbocycles. The van der Waals surface area contributed by atoms with Crippen LogP contribution in [0.25, 0.3) is 0 Å². The van der Waals surface area contributed by atoms with Crippen LogP contribution in [0.1, 0.15) is 12.5 Å². The maximum atomic E-state index is 3.47. The molecule has 1 aromatic carbocycles. The first-order valence-corrected chi connectivity index (χ1v) is 7.09. The average Bonchev–Trinajstić information content (AvgIpc) is 2.30. The molecule has 0 amide bonds. The highest BCUT2D eigenvalue weighted by atomic mass is 32.2. The predicted octanol–water partition coefficient (Wildman–Crippen LogP) is 2.20. The number of rotatable bonds is 3. The second kappa shape index (κ2) is 5.71. The van der Waals surface area contributed by atoms with Gasteiger partial charge < -0.3 is 5.32 Å². The second-order valence-corrected chi connectivity index (χ2v) is 5.32. The molecule has 0 aliphatic carbocycles. The molecule has 88 valence electrons. The van der Waals surface area contributed by atoms with Crippen LogP contribution in [-0.2, 0) is 6.54 Å². The van der Waals surface area contributed by atoms with E-state index in [-0.39, 0.29) is 0 Å². The smallest absolute Gasteiger partial charge is 0.0234 e. The van der Waals surface area contributed by atoms with E-state index in [4.69, 9.17) is 0 Å². The van der Waals surface area contributed by atoms with Gasteiger partial charge in [-0.1, -0.05) is 12.1 Å². The number of hydrogen-bond acceptors (Lipinski definition) is 3. The van der Waals surface area contributed by atoms with Crippen molar-refractivity contribution in [2.24, 2.45) is 0 Å². The van der Waals surface area contributed by atoms with Gasteiger partial charge in [0.25, 0.3) is 0 Å². The van der Waals surface area contributed by atoms with Crippen molar-refractivity contribution in [1.82, 2.24) is 10.2 Å². The molecule has 0 bridgehead atoms. The van der Waals surface area contributed by atoms with Gasteiger partial charge in [0.1, 0.15) is 0 Å². The minimum atomic E-state index is 0.624. The van der Waals surface area contributed by atoms with Crippen molar-refractivity contribution >= 4 is 11.8 Å². The van der Waals surface area contributed by atoms with Crippen LogP contribution in [-0.4, -0.2) is 36.8 Å². The van der Waals surface area contributed by atoms with Gasteiger partial charge in [-0.05, 0) is 30.9 Å². The Balaban J connectivity index is 1.92. The molecular weight excluding hydrogens is 216 g/mol. The third-order valence-electron chi connectivity index (χ3n) is 3.02. The summed E-state index contributed by atoms with van der Waals surface area (Å²) in [5.41, 5.74) is 1.42. The zero-order valence-electron chi connectivity index (χ0n) is 10.1. The Hall–Kier alpha value is -0.510. The van der Waals surface area contributed by atoms with Gasteiger partial charge >= 0.3 is 0 Å². The van der Waals surface area contributed by atoms with Gasteiger partial charge in [0.15, 0.2) is 0 Å². The minimum Gasteiger partial charge on any atom is -0.312 e. The van der Waals surface area contributed by atoms with Gasteiger partial charge in [0.2, 0.25) is 0 Å². The van der Waals surface area contributed by atoms with Crippen LogP contribution in [0.2, 0.25) is 0 Å². The van der Waals surface area contributed by atoms with Gasteiger partial charge in [-0.25, -0.2) is 0 Å². The van der Waals surface area contributed by atoms with Crippen molar-refractivity contribution in [3.05, 3.63) is 29.8 Å². The normalized spacial score (nSPS) is 22.2. The predicted molar refractivity (Wildman–Crippen MR) is 71.0 cm³/mol. The van der Waals surface area contributed by atoms with Crippen molar-refractivity contribution in [2.45, 2.75) is 24.4 Å². The zero-order chi connectivity index (χ0) is 11.4. The summed E-state index contributed by atoms with van der Waals surface area (Å²) in [6, 6.07) is 9.55. The third-order valence-corrected chi connectivity index (χ3v) is 3.76. The summed E-state index contributed by atoms with van der Waals surface area (Å²) >= 11 is 1.80. The first-order chi connectivity index (χ1) is 7.78. The molecule has 1 aliphatic rings. The molecule has 3 heteroatoms. The van der Waals surface area contributed by atoms with Crippen LogP contribution in [0.3, 0.4) is 0 Å². The van der Waals surface area contributed by atoms with E-state index in [9.17, 15) is 0 Å². The zero-order valence-corrected chi connectivity index (χ0v) is 10.9. The summed E-state index contributed by atoms with van der Waals surface area (Å²) in [7, 11) is 0. The summed E-state index contributed by atoms with van der Waals surface area (Å²) < 4.78 is 0. The Morgan fingerprint density at radius 2 is 2.12 bits per heavy atom. The van der Waals surface area contributed by atoms with Crippen molar-refractivity contribution in [2.75, 3.05) is 25.9 Å². The molecule has 1 fully saturated rings. The van der Waals surface area contributed by atoms with E-state index in [0.717, 1.165) is 26.2 Å². The van der Waals surface area contributed by atoms with Crippen LogP contribution >= 0.6 is 11.8 Å². The largest absolute Gasteiger partial charge is 0.312 e. The molecule has 1 atom stereocenters. The molecule has 16 heavy (non-hydrogen) atoms. The topological polar surface area (TPSA) is 15.3 Å². The molecule has 0 aromatic heterocycles. The highest BCUT2D eigenvalue weighted by Gasteiger charge is 2.15. The summed E-state index contributed by atoms with van der Waals surface area (Å²) in [5, 5.41) is 3.47. The summed E-state index contributed by atoms with van der Waals surface area (Å²) in [6.07, 6.45) is 2.12. The first-order valence-electron chi connectivity index (χ1n) is 5.86. The highest BCUT2D eigenvalue weighted by molar-refractivity contribution is 7.98. The van der Waals surface area contributed by atoms with Gasteiger partial charge in [0, 0.05) is 37.1 Å². The minimum absolute atomic E-state index is 0.624. The molecule has 1 aromatic rings. The Labute approximate surface area is 102 Å². The maximum absolute atomic E-state index is 3.47. The molecule has 2 rings (SSSR count). The molecule has 0 radical (unpaired) electrons. The van der Waals surface area contributed by atoms with Crippen LogP contribution in [0.15, 0.2) is 29.2 Å². The van der Waals surface area contributed by atoms with Crippen molar-refractivity contribution in [3.63, 3.8) is 0 Å². The van der Waals surface area contributed by atoms with E-state index < -0.39 is 0 Å². The summed E-state index contributed by atoms with van der Waals surface area (Å²) in [6.45, 7) is 6.77. The van der Waals surface area contributed by atoms with E-state index in [2.05, 4.69) is 47.7 Å². The number of thioether (sulfide) groups is 1. The van der Waals surface area contributed by atoms with Crippen molar-refractivity contribution in [3.8, 4) is 0 Å². The molecular formula is C13H20N2S. The number of nitrogens with zero attached hydrogens (tertiary/aromatic N) is 1. The number of piperazine rings is 1.